The van der Waals surface area contributed by atoms with Gasteiger partial charge in [0, 0.05) is 42.3 Å². The van der Waals surface area contributed by atoms with E-state index in [1.807, 2.05) is 6.08 Å². The molecule has 26 heavy (non-hydrogen) atoms. The Balaban J connectivity index is 1.66. The molecule has 0 heterocycles. The van der Waals surface area contributed by atoms with Crippen molar-refractivity contribution < 1.29 is 19.8 Å². The molecule has 138 valence electrons. The third-order valence-corrected chi connectivity index (χ3v) is 7.46. The smallest absolute Gasteiger partial charge is 0.220 e. The van der Waals surface area contributed by atoms with Crippen molar-refractivity contribution in [1.29, 1.82) is 0 Å². The number of rotatable bonds is 3. The molecule has 4 atom stereocenters. The lowest BCUT2D eigenvalue weighted by Gasteiger charge is -2.52. The molecule has 0 radical (unpaired) electrons. The molecule has 5 aliphatic rings. The van der Waals surface area contributed by atoms with E-state index >= 15 is 0 Å². The van der Waals surface area contributed by atoms with Crippen LogP contribution in [0, 0.1) is 17.3 Å². The van der Waals surface area contributed by atoms with E-state index in [1.165, 1.54) is 18.9 Å². The van der Waals surface area contributed by atoms with Crippen LogP contribution in [-0.2, 0) is 9.59 Å². The molecular formula is C21H25NO4. The fourth-order valence-electron chi connectivity index (χ4n) is 6.04. The van der Waals surface area contributed by atoms with E-state index in [1.54, 1.807) is 6.08 Å². The first-order valence-corrected chi connectivity index (χ1v) is 9.68. The number of carbonyl (C=O) groups is 2. The summed E-state index contributed by atoms with van der Waals surface area (Å²) in [5.41, 5.74) is -0.584. The molecule has 5 nitrogen and oxygen atoms in total. The van der Waals surface area contributed by atoms with Gasteiger partial charge < -0.3 is 15.1 Å². The lowest BCUT2D eigenvalue weighted by Crippen LogP contribution is -2.56. The van der Waals surface area contributed by atoms with Crippen molar-refractivity contribution >= 4 is 11.6 Å². The van der Waals surface area contributed by atoms with Crippen LogP contribution in [0.25, 0.3) is 0 Å². The number of nitrogens with zero attached hydrogens (tertiary/aromatic N) is 1. The van der Waals surface area contributed by atoms with Crippen LogP contribution in [-0.4, -0.2) is 51.9 Å². The Morgan fingerprint density at radius 3 is 2.77 bits per heavy atom. The zero-order valence-corrected chi connectivity index (χ0v) is 15.1. The van der Waals surface area contributed by atoms with Gasteiger partial charge in [0.25, 0.3) is 0 Å². The summed E-state index contributed by atoms with van der Waals surface area (Å²) in [7, 11) is 2.11. The second-order valence-corrected chi connectivity index (χ2v) is 8.95. The van der Waals surface area contributed by atoms with E-state index in [2.05, 4.69) is 11.9 Å². The maximum absolute atomic E-state index is 12.4. The summed E-state index contributed by atoms with van der Waals surface area (Å²) in [4.78, 5) is 26.9. The molecule has 2 bridgehead atoms. The SMILES string of the molecule is CN(CC1CC1)C1CC23CC(=O)CCC2(O)C1C=C1C=CC(=O)C(O)=C13. The average molecular weight is 355 g/mol. The average Bonchev–Trinajstić information content (AvgIpc) is 3.38. The van der Waals surface area contributed by atoms with Gasteiger partial charge in [-0.15, -0.1) is 0 Å². The van der Waals surface area contributed by atoms with E-state index in [0.717, 1.165) is 18.0 Å². The fourth-order valence-corrected chi connectivity index (χ4v) is 6.04. The number of ketones is 2. The summed E-state index contributed by atoms with van der Waals surface area (Å²) in [5, 5.41) is 22.4. The van der Waals surface area contributed by atoms with Gasteiger partial charge in [-0.25, -0.2) is 0 Å². The van der Waals surface area contributed by atoms with Crippen molar-refractivity contribution in [3.63, 3.8) is 0 Å². The zero-order chi connectivity index (χ0) is 18.3. The largest absolute Gasteiger partial charge is 0.504 e. The second-order valence-electron chi connectivity index (χ2n) is 8.95. The van der Waals surface area contributed by atoms with Crippen LogP contribution in [0.3, 0.4) is 0 Å². The summed E-state index contributed by atoms with van der Waals surface area (Å²) in [5.74, 6) is 0.0578. The number of allylic oxidation sites excluding steroid dienone is 3. The van der Waals surface area contributed by atoms with Crippen molar-refractivity contribution in [3.8, 4) is 0 Å². The summed E-state index contributed by atoms with van der Waals surface area (Å²) in [6.07, 6.45) is 9.31. The third kappa shape index (κ3) is 1.99. The lowest BCUT2D eigenvalue weighted by atomic mass is 9.54. The van der Waals surface area contributed by atoms with Gasteiger partial charge in [0.1, 0.15) is 5.78 Å². The maximum atomic E-state index is 12.4. The molecule has 3 saturated carbocycles. The van der Waals surface area contributed by atoms with Gasteiger partial charge in [-0.3, -0.25) is 9.59 Å². The number of aliphatic hydroxyl groups excluding tert-OH is 1. The van der Waals surface area contributed by atoms with Crippen LogP contribution in [0.1, 0.15) is 38.5 Å². The highest BCUT2D eigenvalue weighted by molar-refractivity contribution is 6.06. The van der Waals surface area contributed by atoms with Crippen molar-refractivity contribution in [2.45, 2.75) is 50.2 Å². The second kappa shape index (κ2) is 5.17. The van der Waals surface area contributed by atoms with Crippen LogP contribution in [0.4, 0.5) is 0 Å². The number of Topliss-reactive ketones (excluding diaryl/α,β-unsaturated/α-hetero) is 1. The predicted molar refractivity (Wildman–Crippen MR) is 95.4 cm³/mol. The molecule has 5 heteroatoms. The van der Waals surface area contributed by atoms with Crippen LogP contribution in [0.15, 0.2) is 35.1 Å². The van der Waals surface area contributed by atoms with Crippen LogP contribution in [0.5, 0.6) is 0 Å². The topological polar surface area (TPSA) is 77.8 Å². The Morgan fingerprint density at radius 1 is 1.27 bits per heavy atom. The van der Waals surface area contributed by atoms with Crippen LogP contribution >= 0.6 is 0 Å². The zero-order valence-electron chi connectivity index (χ0n) is 15.1. The van der Waals surface area contributed by atoms with Gasteiger partial charge in [0.2, 0.25) is 5.78 Å². The summed E-state index contributed by atoms with van der Waals surface area (Å²) in [6, 6.07) is 0.119. The van der Waals surface area contributed by atoms with E-state index in [-0.39, 0.29) is 29.9 Å². The minimum atomic E-state index is -1.07. The van der Waals surface area contributed by atoms with Gasteiger partial charge in [-0.1, -0.05) is 12.2 Å². The molecule has 0 amide bonds. The highest BCUT2D eigenvalue weighted by Gasteiger charge is 2.69. The number of carbonyl (C=O) groups excluding carboxylic acids is 2. The molecule has 0 saturated heterocycles. The normalized spacial score (nSPS) is 41.4. The van der Waals surface area contributed by atoms with E-state index < -0.39 is 16.8 Å². The van der Waals surface area contributed by atoms with Gasteiger partial charge >= 0.3 is 0 Å². The monoisotopic (exact) mass is 355 g/mol. The number of aliphatic hydroxyl groups is 2. The molecule has 0 aliphatic heterocycles. The van der Waals surface area contributed by atoms with Gasteiger partial charge in [0.05, 0.1) is 5.60 Å². The molecule has 4 unspecified atom stereocenters. The van der Waals surface area contributed by atoms with Gasteiger partial charge in [-0.2, -0.15) is 0 Å². The minimum absolute atomic E-state index is 0.0799. The Morgan fingerprint density at radius 2 is 2.04 bits per heavy atom. The highest BCUT2D eigenvalue weighted by Crippen LogP contribution is 2.66. The quantitative estimate of drug-likeness (QED) is 0.810. The van der Waals surface area contributed by atoms with Gasteiger partial charge in [0.15, 0.2) is 5.76 Å². The molecule has 2 N–H and O–H groups in total. The first-order valence-electron chi connectivity index (χ1n) is 9.68. The Kier molecular flexibility index (Phi) is 3.27. The molecular weight excluding hydrogens is 330 g/mol. The standard InChI is InChI=1S/C21H25NO4/c1-22(11-12-2-3-12)16-10-20-9-14(23)6-7-21(20,26)15(16)8-13-4-5-17(24)19(25)18(13)20/h4-5,8,12,15-16,25-26H,2-3,6-7,9-11H2,1H3. The molecule has 0 aromatic heterocycles. The molecule has 5 rings (SSSR count). The van der Waals surface area contributed by atoms with E-state index in [0.29, 0.717) is 24.8 Å². The molecule has 3 fully saturated rings. The lowest BCUT2D eigenvalue weighted by molar-refractivity contribution is -0.141. The third-order valence-electron chi connectivity index (χ3n) is 7.46. The predicted octanol–water partition coefficient (Wildman–Crippen LogP) is 2.08. The number of hydrogen-bond donors (Lipinski definition) is 2. The fraction of sp³-hybridized carbons (Fsp3) is 0.619. The van der Waals surface area contributed by atoms with Gasteiger partial charge in [-0.05, 0) is 50.3 Å². The summed E-state index contributed by atoms with van der Waals surface area (Å²) in [6.45, 7) is 1.00. The minimum Gasteiger partial charge on any atom is -0.504 e. The van der Waals surface area contributed by atoms with Crippen molar-refractivity contribution in [3.05, 3.63) is 35.1 Å². The summed E-state index contributed by atoms with van der Waals surface area (Å²) >= 11 is 0. The maximum Gasteiger partial charge on any atom is 0.220 e. The summed E-state index contributed by atoms with van der Waals surface area (Å²) < 4.78 is 0. The molecule has 0 spiro atoms. The Labute approximate surface area is 153 Å². The van der Waals surface area contributed by atoms with Crippen molar-refractivity contribution in [2.24, 2.45) is 17.3 Å². The van der Waals surface area contributed by atoms with E-state index in [4.69, 9.17) is 0 Å². The van der Waals surface area contributed by atoms with Crippen molar-refractivity contribution in [1.82, 2.24) is 4.90 Å². The first kappa shape index (κ1) is 16.5. The number of hydrogen-bond acceptors (Lipinski definition) is 5. The van der Waals surface area contributed by atoms with E-state index in [9.17, 15) is 19.8 Å². The first-order chi connectivity index (χ1) is 12.4. The Hall–Kier alpha value is -1.72. The van der Waals surface area contributed by atoms with Crippen LogP contribution in [0.2, 0.25) is 0 Å². The molecule has 0 aromatic rings. The molecule has 5 aliphatic carbocycles. The highest BCUT2D eigenvalue weighted by atomic mass is 16.3. The number of fused-ring (bicyclic) bond motifs is 1. The molecule has 0 aromatic carbocycles. The van der Waals surface area contributed by atoms with Crippen molar-refractivity contribution in [2.75, 3.05) is 13.6 Å². The Bertz CT molecular complexity index is 805. The van der Waals surface area contributed by atoms with Crippen LogP contribution < -0.4 is 0 Å².